The Labute approximate surface area is 111 Å². The number of anilines is 1. The highest BCUT2D eigenvalue weighted by atomic mass is 14.9. The van der Waals surface area contributed by atoms with E-state index >= 15 is 0 Å². The monoisotopic (exact) mass is 246 g/mol. The van der Waals surface area contributed by atoms with Crippen LogP contribution in [0.4, 0.5) is 5.69 Å². The fraction of sp³-hybridized carbons (Fsp3) is 0.625. The summed E-state index contributed by atoms with van der Waals surface area (Å²) >= 11 is 0. The molecule has 0 heterocycles. The van der Waals surface area contributed by atoms with Crippen LogP contribution in [-0.4, -0.2) is 19.6 Å². The molecule has 0 atom stereocenters. The minimum atomic E-state index is 0.753. The molecule has 0 aromatic heterocycles. The van der Waals surface area contributed by atoms with E-state index in [1.165, 1.54) is 42.5 Å². The molecule has 0 amide bonds. The van der Waals surface area contributed by atoms with E-state index in [1.807, 2.05) is 0 Å². The molecule has 2 nitrogen and oxygen atoms in total. The van der Waals surface area contributed by atoms with Gasteiger partial charge in [0.25, 0.3) is 0 Å². The lowest BCUT2D eigenvalue weighted by atomic mass is 9.86. The van der Waals surface area contributed by atoms with Gasteiger partial charge in [-0.2, -0.15) is 0 Å². The van der Waals surface area contributed by atoms with Gasteiger partial charge in [0.05, 0.1) is 0 Å². The zero-order chi connectivity index (χ0) is 13.0. The summed E-state index contributed by atoms with van der Waals surface area (Å²) < 4.78 is 0. The molecule has 2 rings (SSSR count). The third-order valence-electron chi connectivity index (χ3n) is 4.36. The molecule has 100 valence electrons. The molecule has 1 aliphatic rings. The Balaban J connectivity index is 1.79. The van der Waals surface area contributed by atoms with Gasteiger partial charge in [-0.1, -0.05) is 6.07 Å². The molecule has 0 saturated heterocycles. The van der Waals surface area contributed by atoms with Crippen LogP contribution in [0.2, 0.25) is 0 Å². The molecule has 1 aromatic carbocycles. The van der Waals surface area contributed by atoms with Gasteiger partial charge in [0.2, 0.25) is 0 Å². The zero-order valence-electron chi connectivity index (χ0n) is 11.9. The van der Waals surface area contributed by atoms with Gasteiger partial charge < -0.3 is 10.6 Å². The summed E-state index contributed by atoms with van der Waals surface area (Å²) in [6, 6.07) is 7.41. The quantitative estimate of drug-likeness (QED) is 0.849. The Hall–Kier alpha value is -1.02. The molecule has 1 aromatic rings. The fourth-order valence-corrected chi connectivity index (χ4v) is 2.77. The van der Waals surface area contributed by atoms with Crippen LogP contribution in [0.3, 0.4) is 0 Å². The van der Waals surface area contributed by atoms with E-state index < -0.39 is 0 Å². The molecule has 1 fully saturated rings. The van der Waals surface area contributed by atoms with Crippen molar-refractivity contribution >= 4 is 5.69 Å². The molecule has 0 unspecified atom stereocenters. The van der Waals surface area contributed by atoms with Crippen molar-refractivity contribution in [3.05, 3.63) is 29.3 Å². The summed E-state index contributed by atoms with van der Waals surface area (Å²) in [7, 11) is 2.08. The lowest BCUT2D eigenvalue weighted by Crippen LogP contribution is -2.32. The van der Waals surface area contributed by atoms with Gasteiger partial charge in [0.1, 0.15) is 0 Å². The third-order valence-corrected chi connectivity index (χ3v) is 4.36. The topological polar surface area (TPSA) is 24.1 Å². The van der Waals surface area contributed by atoms with Crippen molar-refractivity contribution in [1.29, 1.82) is 0 Å². The van der Waals surface area contributed by atoms with E-state index in [1.54, 1.807) is 0 Å². The van der Waals surface area contributed by atoms with Crippen LogP contribution in [0.1, 0.15) is 36.8 Å². The van der Waals surface area contributed by atoms with Crippen molar-refractivity contribution in [3.63, 3.8) is 0 Å². The van der Waals surface area contributed by atoms with Gasteiger partial charge >= 0.3 is 0 Å². The second-order valence-corrected chi connectivity index (χ2v) is 5.69. The maximum absolute atomic E-state index is 3.59. The molecule has 18 heavy (non-hydrogen) atoms. The van der Waals surface area contributed by atoms with E-state index in [0.717, 1.165) is 18.5 Å². The molecule has 0 radical (unpaired) electrons. The van der Waals surface area contributed by atoms with Gasteiger partial charge in [-0.25, -0.2) is 0 Å². The Morgan fingerprint density at radius 1 is 1.06 bits per heavy atom. The van der Waals surface area contributed by atoms with E-state index in [-0.39, 0.29) is 0 Å². The molecular formula is C16H26N2. The maximum Gasteiger partial charge on any atom is 0.0343 e. The second-order valence-electron chi connectivity index (χ2n) is 5.69. The maximum atomic E-state index is 3.59. The highest BCUT2D eigenvalue weighted by Crippen LogP contribution is 2.24. The number of rotatable bonds is 4. The van der Waals surface area contributed by atoms with Crippen molar-refractivity contribution in [1.82, 2.24) is 5.32 Å². The van der Waals surface area contributed by atoms with Crippen LogP contribution in [0.15, 0.2) is 18.2 Å². The van der Waals surface area contributed by atoms with Gasteiger partial charge in [-0.15, -0.1) is 0 Å². The van der Waals surface area contributed by atoms with Crippen LogP contribution < -0.4 is 10.6 Å². The van der Waals surface area contributed by atoms with E-state index in [4.69, 9.17) is 0 Å². The van der Waals surface area contributed by atoms with Crippen molar-refractivity contribution in [2.75, 3.05) is 18.9 Å². The summed E-state index contributed by atoms with van der Waals surface area (Å²) in [5.74, 6) is 0.844. The lowest BCUT2D eigenvalue weighted by molar-refractivity contribution is 0.312. The molecule has 2 N–H and O–H groups in total. The Bertz CT molecular complexity index is 379. The summed E-state index contributed by atoms with van der Waals surface area (Å²) in [5, 5.41) is 6.99. The smallest absolute Gasteiger partial charge is 0.0343 e. The SMILES string of the molecule is CNC1CCC(CNc2ccc(C)c(C)c2)CC1. The molecule has 0 spiro atoms. The molecule has 2 heteroatoms. The van der Waals surface area contributed by atoms with Crippen LogP contribution in [0.25, 0.3) is 0 Å². The number of aryl methyl sites for hydroxylation is 2. The zero-order valence-corrected chi connectivity index (χ0v) is 11.9. The predicted molar refractivity (Wildman–Crippen MR) is 79.2 cm³/mol. The Morgan fingerprint density at radius 2 is 1.78 bits per heavy atom. The van der Waals surface area contributed by atoms with Gasteiger partial charge in [-0.05, 0) is 75.8 Å². The average Bonchev–Trinajstić information content (AvgIpc) is 2.41. The van der Waals surface area contributed by atoms with Crippen molar-refractivity contribution in [3.8, 4) is 0 Å². The Morgan fingerprint density at radius 3 is 2.39 bits per heavy atom. The van der Waals surface area contributed by atoms with Crippen molar-refractivity contribution in [2.45, 2.75) is 45.6 Å². The number of benzene rings is 1. The largest absolute Gasteiger partial charge is 0.385 e. The number of nitrogens with one attached hydrogen (secondary N) is 2. The van der Waals surface area contributed by atoms with Crippen molar-refractivity contribution < 1.29 is 0 Å². The first kappa shape index (κ1) is 13.4. The standard InChI is InChI=1S/C16H26N2/c1-12-4-7-16(10-13(12)2)18-11-14-5-8-15(17-3)9-6-14/h4,7,10,14-15,17-18H,5-6,8-9,11H2,1-3H3. The van der Waals surface area contributed by atoms with Gasteiger partial charge in [-0.3, -0.25) is 0 Å². The summed E-state index contributed by atoms with van der Waals surface area (Å²) in [6.45, 7) is 5.47. The first-order chi connectivity index (χ1) is 8.69. The minimum Gasteiger partial charge on any atom is -0.385 e. The highest BCUT2D eigenvalue weighted by Gasteiger charge is 2.19. The number of hydrogen-bond acceptors (Lipinski definition) is 2. The second kappa shape index (κ2) is 6.24. The summed E-state index contributed by atoms with van der Waals surface area (Å²) in [6.07, 6.45) is 5.36. The molecule has 0 bridgehead atoms. The summed E-state index contributed by atoms with van der Waals surface area (Å²) in [5.41, 5.74) is 4.02. The molecule has 0 aliphatic heterocycles. The van der Waals surface area contributed by atoms with Crippen LogP contribution >= 0.6 is 0 Å². The van der Waals surface area contributed by atoms with Gasteiger partial charge in [0.15, 0.2) is 0 Å². The van der Waals surface area contributed by atoms with Crippen LogP contribution in [-0.2, 0) is 0 Å². The summed E-state index contributed by atoms with van der Waals surface area (Å²) in [4.78, 5) is 0. The third kappa shape index (κ3) is 3.49. The van der Waals surface area contributed by atoms with Crippen LogP contribution in [0, 0.1) is 19.8 Å². The first-order valence-electron chi connectivity index (χ1n) is 7.17. The first-order valence-corrected chi connectivity index (χ1v) is 7.17. The molecule has 1 aliphatic carbocycles. The Kier molecular flexibility index (Phi) is 4.65. The molecule has 1 saturated carbocycles. The predicted octanol–water partition coefficient (Wildman–Crippen LogP) is 3.49. The average molecular weight is 246 g/mol. The van der Waals surface area contributed by atoms with E-state index in [0.29, 0.717) is 0 Å². The van der Waals surface area contributed by atoms with Crippen LogP contribution in [0.5, 0.6) is 0 Å². The van der Waals surface area contributed by atoms with Crippen molar-refractivity contribution in [2.24, 2.45) is 5.92 Å². The highest BCUT2D eigenvalue weighted by molar-refractivity contribution is 5.48. The molecular weight excluding hydrogens is 220 g/mol. The lowest BCUT2D eigenvalue weighted by Gasteiger charge is -2.28. The minimum absolute atomic E-state index is 0.753. The van der Waals surface area contributed by atoms with Gasteiger partial charge in [0, 0.05) is 18.3 Å². The number of hydrogen-bond donors (Lipinski definition) is 2. The van der Waals surface area contributed by atoms with E-state index in [2.05, 4.69) is 49.7 Å². The van der Waals surface area contributed by atoms with E-state index in [9.17, 15) is 0 Å². The fourth-order valence-electron chi connectivity index (χ4n) is 2.77. The normalized spacial score (nSPS) is 23.9.